The molecule has 1 aromatic carbocycles. The summed E-state index contributed by atoms with van der Waals surface area (Å²) in [6, 6.07) is 5.02. The van der Waals surface area contributed by atoms with Crippen LogP contribution in [0.4, 0.5) is 5.69 Å². The highest BCUT2D eigenvalue weighted by Crippen LogP contribution is 2.28. The average molecular weight is 212 g/mol. The molecule has 5 heteroatoms. The number of fused-ring (bicyclic) bond motifs is 1. The fraction of sp³-hybridized carbons (Fsp3) is 0.333. The third-order valence-electron chi connectivity index (χ3n) is 2.53. The summed E-state index contributed by atoms with van der Waals surface area (Å²) < 4.78 is 25.0. The van der Waals surface area contributed by atoms with Crippen molar-refractivity contribution < 1.29 is 8.42 Å². The first-order chi connectivity index (χ1) is 6.53. The van der Waals surface area contributed by atoms with E-state index in [9.17, 15) is 8.42 Å². The maximum Gasteiger partial charge on any atom is 0.243 e. The molecule has 1 heterocycles. The number of hydrogen-bond donors (Lipinski definition) is 1. The van der Waals surface area contributed by atoms with Gasteiger partial charge in [-0.25, -0.2) is 12.7 Å². The molecule has 0 fully saturated rings. The molecule has 0 spiro atoms. The Kier molecular flexibility index (Phi) is 2.01. The van der Waals surface area contributed by atoms with Gasteiger partial charge in [-0.05, 0) is 24.1 Å². The molecule has 0 unspecified atom stereocenters. The summed E-state index contributed by atoms with van der Waals surface area (Å²) in [6.07, 6.45) is 0.692. The van der Waals surface area contributed by atoms with Gasteiger partial charge >= 0.3 is 0 Å². The lowest BCUT2D eigenvalue weighted by Crippen LogP contribution is -2.34. The van der Waals surface area contributed by atoms with Crippen LogP contribution in [0, 0.1) is 0 Å². The van der Waals surface area contributed by atoms with Gasteiger partial charge in [0, 0.05) is 19.3 Å². The Hall–Kier alpha value is -1.07. The molecule has 2 rings (SSSR count). The molecule has 0 radical (unpaired) electrons. The molecule has 0 atom stereocenters. The highest BCUT2D eigenvalue weighted by atomic mass is 32.2. The molecule has 0 saturated carbocycles. The average Bonchev–Trinajstić information content (AvgIpc) is 2.13. The van der Waals surface area contributed by atoms with Crippen molar-refractivity contribution in [1.29, 1.82) is 0 Å². The van der Waals surface area contributed by atoms with Gasteiger partial charge in [0.05, 0.1) is 4.90 Å². The minimum Gasteiger partial charge on any atom is -0.398 e. The molecule has 0 saturated heterocycles. The van der Waals surface area contributed by atoms with Gasteiger partial charge in [-0.2, -0.15) is 0 Å². The van der Waals surface area contributed by atoms with E-state index < -0.39 is 10.0 Å². The number of benzene rings is 1. The monoisotopic (exact) mass is 212 g/mol. The Labute approximate surface area is 83.4 Å². The van der Waals surface area contributed by atoms with Crippen LogP contribution in [0.1, 0.15) is 5.56 Å². The molecular weight excluding hydrogens is 200 g/mol. The first kappa shape index (κ1) is 9.48. The Bertz CT molecular complexity index is 468. The van der Waals surface area contributed by atoms with Gasteiger partial charge < -0.3 is 5.73 Å². The predicted molar refractivity (Wildman–Crippen MR) is 54.4 cm³/mol. The van der Waals surface area contributed by atoms with E-state index >= 15 is 0 Å². The number of nitrogen functional groups attached to an aromatic ring is 1. The van der Waals surface area contributed by atoms with Crippen LogP contribution in [-0.2, 0) is 16.4 Å². The fourth-order valence-corrected chi connectivity index (χ4v) is 3.10. The van der Waals surface area contributed by atoms with Gasteiger partial charge in [-0.3, -0.25) is 0 Å². The van der Waals surface area contributed by atoms with Gasteiger partial charge in [0.1, 0.15) is 0 Å². The van der Waals surface area contributed by atoms with Crippen molar-refractivity contribution in [2.45, 2.75) is 11.3 Å². The Balaban J connectivity index is 2.71. The first-order valence-electron chi connectivity index (χ1n) is 4.37. The lowest BCUT2D eigenvalue weighted by molar-refractivity contribution is 0.458. The molecule has 76 valence electrons. The van der Waals surface area contributed by atoms with Crippen LogP contribution in [0.2, 0.25) is 0 Å². The van der Waals surface area contributed by atoms with E-state index in [2.05, 4.69) is 0 Å². The third kappa shape index (κ3) is 1.20. The summed E-state index contributed by atoms with van der Waals surface area (Å²) in [5.74, 6) is 0. The zero-order valence-electron chi connectivity index (χ0n) is 7.90. The number of hydrogen-bond acceptors (Lipinski definition) is 3. The number of likely N-dealkylation sites (N-methyl/N-ethyl adjacent to an activating group) is 1. The second-order valence-electron chi connectivity index (χ2n) is 3.40. The van der Waals surface area contributed by atoms with Crippen molar-refractivity contribution in [1.82, 2.24) is 4.31 Å². The lowest BCUT2D eigenvalue weighted by atomic mass is 10.1. The van der Waals surface area contributed by atoms with Crippen molar-refractivity contribution in [3.8, 4) is 0 Å². The van der Waals surface area contributed by atoms with E-state index in [4.69, 9.17) is 5.73 Å². The molecule has 1 aliphatic rings. The summed E-state index contributed by atoms with van der Waals surface area (Å²) in [4.78, 5) is 0.353. The number of nitrogens with two attached hydrogens (primary N) is 1. The van der Waals surface area contributed by atoms with Gasteiger partial charge in [-0.15, -0.1) is 0 Å². The molecule has 1 aromatic rings. The summed E-state index contributed by atoms with van der Waals surface area (Å²) in [5.41, 5.74) is 7.05. The number of rotatable bonds is 0. The smallest absolute Gasteiger partial charge is 0.243 e. The van der Waals surface area contributed by atoms with Crippen LogP contribution in [-0.4, -0.2) is 26.3 Å². The van der Waals surface area contributed by atoms with Crippen LogP contribution in [0.5, 0.6) is 0 Å². The Morgan fingerprint density at radius 2 is 2.14 bits per heavy atom. The van der Waals surface area contributed by atoms with Gasteiger partial charge in [0.2, 0.25) is 10.0 Å². The Morgan fingerprint density at radius 3 is 2.86 bits per heavy atom. The van der Waals surface area contributed by atoms with Crippen LogP contribution in [0.25, 0.3) is 0 Å². The standard InChI is InChI=1S/C9H12N2O2S/c1-11-6-5-7-8(10)3-2-4-9(7)14(11,12)13/h2-4H,5-6,10H2,1H3. The number of anilines is 1. The first-order valence-corrected chi connectivity index (χ1v) is 5.81. The number of sulfonamides is 1. The van der Waals surface area contributed by atoms with Crippen molar-refractivity contribution in [3.63, 3.8) is 0 Å². The van der Waals surface area contributed by atoms with Crippen molar-refractivity contribution >= 4 is 15.7 Å². The van der Waals surface area contributed by atoms with Crippen LogP contribution >= 0.6 is 0 Å². The highest BCUT2D eigenvalue weighted by molar-refractivity contribution is 7.89. The maximum absolute atomic E-state index is 11.8. The van der Waals surface area contributed by atoms with Gasteiger partial charge in [0.15, 0.2) is 0 Å². The minimum absolute atomic E-state index is 0.353. The molecule has 0 amide bonds. The maximum atomic E-state index is 11.8. The highest BCUT2D eigenvalue weighted by Gasteiger charge is 2.29. The molecular formula is C9H12N2O2S. The SMILES string of the molecule is CN1CCc2c(N)cccc2S1(=O)=O. The Morgan fingerprint density at radius 1 is 1.43 bits per heavy atom. The van der Waals surface area contributed by atoms with Crippen LogP contribution in [0.15, 0.2) is 23.1 Å². The summed E-state index contributed by atoms with van der Waals surface area (Å²) in [7, 11) is -1.71. The lowest BCUT2D eigenvalue weighted by Gasteiger charge is -2.25. The van der Waals surface area contributed by atoms with E-state index in [1.807, 2.05) is 0 Å². The largest absolute Gasteiger partial charge is 0.398 e. The molecule has 4 nitrogen and oxygen atoms in total. The summed E-state index contributed by atoms with van der Waals surface area (Å²) in [6.45, 7) is 0.504. The van der Waals surface area contributed by atoms with Gasteiger partial charge in [-0.1, -0.05) is 6.07 Å². The predicted octanol–water partition coefficient (Wildman–Crippen LogP) is 0.445. The molecule has 0 aliphatic carbocycles. The van der Waals surface area contributed by atoms with Gasteiger partial charge in [0.25, 0.3) is 0 Å². The summed E-state index contributed by atoms with van der Waals surface area (Å²) >= 11 is 0. The summed E-state index contributed by atoms with van der Waals surface area (Å²) in [5, 5.41) is 0. The van der Waals surface area contributed by atoms with E-state index in [-0.39, 0.29) is 0 Å². The third-order valence-corrected chi connectivity index (χ3v) is 4.48. The van der Waals surface area contributed by atoms with E-state index in [1.165, 1.54) is 4.31 Å². The molecule has 14 heavy (non-hydrogen) atoms. The molecule has 0 bridgehead atoms. The fourth-order valence-electron chi connectivity index (χ4n) is 1.65. The molecule has 0 aromatic heterocycles. The van der Waals surface area contributed by atoms with Crippen LogP contribution < -0.4 is 5.73 Å². The quantitative estimate of drug-likeness (QED) is 0.635. The molecule has 2 N–H and O–H groups in total. The van der Waals surface area contributed by atoms with Crippen LogP contribution in [0.3, 0.4) is 0 Å². The zero-order chi connectivity index (χ0) is 10.3. The van der Waals surface area contributed by atoms with Crippen molar-refractivity contribution in [2.24, 2.45) is 0 Å². The van der Waals surface area contributed by atoms with Crippen molar-refractivity contribution in [2.75, 3.05) is 19.3 Å². The second kappa shape index (κ2) is 2.96. The van der Waals surface area contributed by atoms with E-state index in [1.54, 1.807) is 25.2 Å². The number of nitrogens with zero attached hydrogens (tertiary/aromatic N) is 1. The van der Waals surface area contributed by atoms with E-state index in [0.29, 0.717) is 23.5 Å². The van der Waals surface area contributed by atoms with E-state index in [0.717, 1.165) is 5.56 Å². The zero-order valence-corrected chi connectivity index (χ0v) is 8.71. The molecule has 1 aliphatic heterocycles. The minimum atomic E-state index is -3.29. The normalized spacial score (nSPS) is 20.4. The second-order valence-corrected chi connectivity index (χ2v) is 5.41. The van der Waals surface area contributed by atoms with Crippen molar-refractivity contribution in [3.05, 3.63) is 23.8 Å². The topological polar surface area (TPSA) is 63.4 Å².